The zero-order valence-electron chi connectivity index (χ0n) is 14.0. The van der Waals surface area contributed by atoms with Gasteiger partial charge in [-0.25, -0.2) is 4.98 Å². The summed E-state index contributed by atoms with van der Waals surface area (Å²) in [4.78, 5) is 27.5. The van der Waals surface area contributed by atoms with Gasteiger partial charge in [0.25, 0.3) is 0 Å². The van der Waals surface area contributed by atoms with Crippen molar-refractivity contribution in [3.63, 3.8) is 0 Å². The van der Waals surface area contributed by atoms with Gasteiger partial charge in [0.2, 0.25) is 5.91 Å². The Hall–Kier alpha value is -3.09. The number of carbonyl (C=O) groups is 2. The highest BCUT2D eigenvalue weighted by molar-refractivity contribution is 5.93. The number of pyridine rings is 1. The van der Waals surface area contributed by atoms with Crippen LogP contribution in [0.3, 0.4) is 0 Å². The van der Waals surface area contributed by atoms with E-state index in [1.54, 1.807) is 12.3 Å². The lowest BCUT2D eigenvalue weighted by atomic mass is 10.1. The van der Waals surface area contributed by atoms with Crippen LogP contribution in [-0.2, 0) is 20.7 Å². The molecule has 2 aliphatic heterocycles. The monoisotopic (exact) mass is 352 g/mol. The summed E-state index contributed by atoms with van der Waals surface area (Å²) in [6, 6.07) is 7.40. The van der Waals surface area contributed by atoms with Crippen molar-refractivity contribution in [1.82, 2.24) is 4.98 Å². The third-order valence-electron chi connectivity index (χ3n) is 5.13. The van der Waals surface area contributed by atoms with E-state index < -0.39 is 0 Å². The number of nitrogens with zero attached hydrogens (tertiary/aromatic N) is 1. The Kier molecular flexibility index (Phi) is 3.19. The van der Waals surface area contributed by atoms with Crippen molar-refractivity contribution in [1.29, 1.82) is 0 Å². The summed E-state index contributed by atoms with van der Waals surface area (Å²) >= 11 is 0. The maximum atomic E-state index is 11.8. The van der Waals surface area contributed by atoms with E-state index in [0.29, 0.717) is 30.2 Å². The Morgan fingerprint density at radius 1 is 1.31 bits per heavy atom. The van der Waals surface area contributed by atoms with E-state index in [4.69, 9.17) is 14.2 Å². The van der Waals surface area contributed by atoms with Crippen LogP contribution in [0.25, 0.3) is 0 Å². The maximum Gasteiger partial charge on any atom is 0.313 e. The Balaban J connectivity index is 1.42. The number of hydrogen-bond donors (Lipinski definition) is 1. The molecule has 0 bridgehead atoms. The molecular weight excluding hydrogens is 336 g/mol. The SMILES string of the molecule is COC(=O)C1C2Oc3ccc(Oc4ccnc5c4CCC(=O)N5)cc3C21. The van der Waals surface area contributed by atoms with Crippen molar-refractivity contribution in [2.45, 2.75) is 24.9 Å². The number of hydrogen-bond acceptors (Lipinski definition) is 6. The first-order valence-corrected chi connectivity index (χ1v) is 8.50. The van der Waals surface area contributed by atoms with E-state index in [0.717, 1.165) is 16.9 Å². The van der Waals surface area contributed by atoms with E-state index in [9.17, 15) is 9.59 Å². The number of nitrogens with one attached hydrogen (secondary N) is 1. The number of benzene rings is 1. The lowest BCUT2D eigenvalue weighted by Crippen LogP contribution is -2.20. The van der Waals surface area contributed by atoms with Crippen molar-refractivity contribution in [3.05, 3.63) is 41.6 Å². The third-order valence-corrected chi connectivity index (χ3v) is 5.13. The maximum absolute atomic E-state index is 11.8. The number of ether oxygens (including phenoxy) is 3. The van der Waals surface area contributed by atoms with Gasteiger partial charge in [0.1, 0.15) is 35.1 Å². The quantitative estimate of drug-likeness (QED) is 0.854. The van der Waals surface area contributed by atoms with Gasteiger partial charge >= 0.3 is 5.97 Å². The molecule has 0 radical (unpaired) electrons. The van der Waals surface area contributed by atoms with Gasteiger partial charge in [-0.05, 0) is 30.7 Å². The van der Waals surface area contributed by atoms with E-state index in [-0.39, 0.29) is 29.8 Å². The van der Waals surface area contributed by atoms with Gasteiger partial charge in [-0.2, -0.15) is 0 Å². The van der Waals surface area contributed by atoms with Crippen LogP contribution in [0.1, 0.15) is 23.5 Å². The molecule has 2 aromatic rings. The first kappa shape index (κ1) is 15.2. The predicted molar refractivity (Wildman–Crippen MR) is 90.4 cm³/mol. The van der Waals surface area contributed by atoms with Crippen molar-refractivity contribution >= 4 is 17.7 Å². The van der Waals surface area contributed by atoms with Gasteiger partial charge in [0, 0.05) is 29.7 Å². The zero-order valence-corrected chi connectivity index (χ0v) is 14.0. The Labute approximate surface area is 149 Å². The Bertz CT molecular complexity index is 942. The molecule has 1 aromatic heterocycles. The van der Waals surface area contributed by atoms with E-state index in [1.807, 2.05) is 18.2 Å². The van der Waals surface area contributed by atoms with Crippen LogP contribution in [0, 0.1) is 5.92 Å². The molecule has 1 saturated carbocycles. The molecule has 5 rings (SSSR count). The first-order valence-electron chi connectivity index (χ1n) is 8.50. The second-order valence-corrected chi connectivity index (χ2v) is 6.64. The third kappa shape index (κ3) is 2.23. The van der Waals surface area contributed by atoms with Crippen LogP contribution in [0.5, 0.6) is 17.2 Å². The van der Waals surface area contributed by atoms with Crippen LogP contribution in [0.4, 0.5) is 5.82 Å². The summed E-state index contributed by atoms with van der Waals surface area (Å²) in [5.74, 6) is 2.20. The molecule has 1 aliphatic carbocycles. The fourth-order valence-corrected chi connectivity index (χ4v) is 3.80. The molecule has 7 heteroatoms. The summed E-state index contributed by atoms with van der Waals surface area (Å²) in [6.07, 6.45) is 2.49. The topological polar surface area (TPSA) is 86.8 Å². The zero-order chi connectivity index (χ0) is 17.8. The average molecular weight is 352 g/mol. The van der Waals surface area contributed by atoms with Gasteiger partial charge in [0.15, 0.2) is 0 Å². The molecule has 26 heavy (non-hydrogen) atoms. The number of methoxy groups -OCH3 is 1. The van der Waals surface area contributed by atoms with Crippen molar-refractivity contribution in [3.8, 4) is 17.2 Å². The summed E-state index contributed by atoms with van der Waals surface area (Å²) in [5, 5.41) is 2.76. The number of esters is 1. The van der Waals surface area contributed by atoms with E-state index >= 15 is 0 Å². The second-order valence-electron chi connectivity index (χ2n) is 6.64. The highest BCUT2D eigenvalue weighted by atomic mass is 16.5. The molecule has 7 nitrogen and oxygen atoms in total. The van der Waals surface area contributed by atoms with Crippen molar-refractivity contribution < 1.29 is 23.8 Å². The van der Waals surface area contributed by atoms with Crippen LogP contribution in [-0.4, -0.2) is 30.1 Å². The number of rotatable bonds is 3. The van der Waals surface area contributed by atoms with Crippen LogP contribution in [0.15, 0.2) is 30.5 Å². The highest BCUT2D eigenvalue weighted by Gasteiger charge is 2.63. The van der Waals surface area contributed by atoms with Crippen molar-refractivity contribution in [2.24, 2.45) is 5.92 Å². The molecule has 1 fully saturated rings. The number of fused-ring (bicyclic) bond motifs is 4. The lowest BCUT2D eigenvalue weighted by Gasteiger charge is -2.19. The Morgan fingerprint density at radius 2 is 2.19 bits per heavy atom. The molecule has 1 amide bonds. The molecule has 1 N–H and O–H groups in total. The minimum atomic E-state index is -0.240. The van der Waals surface area contributed by atoms with E-state index in [1.165, 1.54) is 7.11 Å². The smallest absolute Gasteiger partial charge is 0.313 e. The van der Waals surface area contributed by atoms with Gasteiger partial charge in [-0.3, -0.25) is 9.59 Å². The summed E-state index contributed by atoms with van der Waals surface area (Å²) in [7, 11) is 1.39. The molecule has 1 aromatic carbocycles. The minimum Gasteiger partial charge on any atom is -0.489 e. The largest absolute Gasteiger partial charge is 0.489 e. The number of carbonyl (C=O) groups excluding carboxylic acids is 2. The van der Waals surface area contributed by atoms with Crippen LogP contribution < -0.4 is 14.8 Å². The van der Waals surface area contributed by atoms with Crippen molar-refractivity contribution in [2.75, 3.05) is 12.4 Å². The van der Waals surface area contributed by atoms with Gasteiger partial charge in [-0.1, -0.05) is 0 Å². The van der Waals surface area contributed by atoms with E-state index in [2.05, 4.69) is 10.3 Å². The number of anilines is 1. The Morgan fingerprint density at radius 3 is 3.04 bits per heavy atom. The number of amides is 1. The first-order chi connectivity index (χ1) is 12.7. The van der Waals surface area contributed by atoms with Gasteiger partial charge in [0.05, 0.1) is 7.11 Å². The lowest BCUT2D eigenvalue weighted by molar-refractivity contribution is -0.143. The van der Waals surface area contributed by atoms with Gasteiger partial charge in [-0.15, -0.1) is 0 Å². The molecule has 0 spiro atoms. The minimum absolute atomic E-state index is 0.0339. The molecular formula is C19H16N2O5. The molecule has 0 saturated heterocycles. The summed E-state index contributed by atoms with van der Waals surface area (Å²) < 4.78 is 16.7. The van der Waals surface area contributed by atoms with Crippen LogP contribution >= 0.6 is 0 Å². The fourth-order valence-electron chi connectivity index (χ4n) is 3.80. The fraction of sp³-hybridized carbons (Fsp3) is 0.316. The standard InChI is InChI=1S/C19H16N2O5/c1-24-19(23)16-15-11-8-9(2-4-12(11)26-17(15)16)25-13-6-7-20-18-10(13)3-5-14(22)21-18/h2,4,6-8,15-17H,3,5H2,1H3,(H,20,21,22). The summed E-state index contributed by atoms with van der Waals surface area (Å²) in [6.45, 7) is 0. The van der Waals surface area contributed by atoms with Crippen LogP contribution in [0.2, 0.25) is 0 Å². The molecule has 3 aliphatic rings. The highest BCUT2D eigenvalue weighted by Crippen LogP contribution is 2.59. The normalized spacial score (nSPS) is 24.5. The predicted octanol–water partition coefficient (Wildman–Crippen LogP) is 2.41. The average Bonchev–Trinajstić information content (AvgIpc) is 3.24. The molecule has 3 heterocycles. The molecule has 132 valence electrons. The summed E-state index contributed by atoms with van der Waals surface area (Å²) in [5.41, 5.74) is 1.86. The van der Waals surface area contributed by atoms with Gasteiger partial charge < -0.3 is 19.5 Å². The molecule has 3 unspecified atom stereocenters. The molecule has 3 atom stereocenters. The number of aromatic nitrogens is 1. The second kappa shape index (κ2) is 5.45.